The number of carbonyl (C=O) groups is 2. The summed E-state index contributed by atoms with van der Waals surface area (Å²) < 4.78 is 4.85. The van der Waals surface area contributed by atoms with Gasteiger partial charge in [-0.15, -0.1) is 0 Å². The Morgan fingerprint density at radius 2 is 1.80 bits per heavy atom. The van der Waals surface area contributed by atoms with Gasteiger partial charge >= 0.3 is 0 Å². The molecule has 0 spiro atoms. The average molecular weight is 280 g/mol. The Balaban J connectivity index is 3.88. The molecule has 2 unspecified atom stereocenters. The van der Waals surface area contributed by atoms with Crippen molar-refractivity contribution < 1.29 is 14.3 Å². The van der Waals surface area contributed by atoms with E-state index in [0.717, 1.165) is 19.3 Å². The number of methoxy groups -OCH3 is 1. The van der Waals surface area contributed by atoms with Crippen LogP contribution in [0.1, 0.15) is 46.5 Å². The Hall–Kier alpha value is -1.22. The Bertz CT molecular complexity index is 342. The molecule has 0 fully saturated rings. The molecule has 0 aromatic rings. The highest BCUT2D eigenvalue weighted by Crippen LogP contribution is 2.10. The summed E-state index contributed by atoms with van der Waals surface area (Å²) in [5.74, 6) is 0.575. The van der Waals surface area contributed by atoms with Gasteiger partial charge < -0.3 is 4.74 Å². The van der Waals surface area contributed by atoms with Crippen molar-refractivity contribution >= 4 is 11.6 Å². The summed E-state index contributed by atoms with van der Waals surface area (Å²) in [6.07, 6.45) is 10.3. The van der Waals surface area contributed by atoms with Crippen LogP contribution in [0.2, 0.25) is 0 Å². The van der Waals surface area contributed by atoms with Crippen molar-refractivity contribution in [1.29, 1.82) is 0 Å². The summed E-state index contributed by atoms with van der Waals surface area (Å²) >= 11 is 0. The van der Waals surface area contributed by atoms with E-state index in [1.807, 2.05) is 32.9 Å². The van der Waals surface area contributed by atoms with Gasteiger partial charge in [0.05, 0.1) is 6.61 Å². The molecule has 0 bridgehead atoms. The lowest BCUT2D eigenvalue weighted by Gasteiger charge is -2.05. The van der Waals surface area contributed by atoms with E-state index in [4.69, 9.17) is 4.74 Å². The van der Waals surface area contributed by atoms with Crippen molar-refractivity contribution in [2.45, 2.75) is 46.5 Å². The zero-order valence-electron chi connectivity index (χ0n) is 13.2. The number of allylic oxidation sites excluding steroid dienone is 3. The third-order valence-electron chi connectivity index (χ3n) is 3.44. The molecule has 114 valence electrons. The molecule has 0 aromatic heterocycles. The van der Waals surface area contributed by atoms with Gasteiger partial charge in [-0.1, -0.05) is 39.0 Å². The fourth-order valence-electron chi connectivity index (χ4n) is 1.66. The summed E-state index contributed by atoms with van der Waals surface area (Å²) in [5, 5.41) is 0. The molecule has 3 nitrogen and oxygen atoms in total. The molecule has 0 rings (SSSR count). The maximum Gasteiger partial charge on any atom is 0.158 e. The fourth-order valence-corrected chi connectivity index (χ4v) is 1.66. The highest BCUT2D eigenvalue weighted by Gasteiger charge is 2.09. The third kappa shape index (κ3) is 8.81. The minimum absolute atomic E-state index is 0.0121. The molecule has 0 aliphatic rings. The fraction of sp³-hybridized carbons (Fsp3) is 0.647. The van der Waals surface area contributed by atoms with Gasteiger partial charge in [0.1, 0.15) is 5.78 Å². The van der Waals surface area contributed by atoms with Crippen LogP contribution in [0.25, 0.3) is 0 Å². The third-order valence-corrected chi connectivity index (χ3v) is 3.44. The van der Waals surface area contributed by atoms with Crippen LogP contribution in [0.15, 0.2) is 24.3 Å². The Kier molecular flexibility index (Phi) is 10.9. The molecular formula is C17H28O3. The number of hydrogen-bond donors (Lipinski definition) is 0. The second-order valence-electron chi connectivity index (χ2n) is 5.19. The van der Waals surface area contributed by atoms with E-state index in [1.165, 1.54) is 0 Å². The van der Waals surface area contributed by atoms with Crippen LogP contribution >= 0.6 is 0 Å². The molecule has 20 heavy (non-hydrogen) atoms. The van der Waals surface area contributed by atoms with Crippen LogP contribution < -0.4 is 0 Å². The summed E-state index contributed by atoms with van der Waals surface area (Å²) in [5.41, 5.74) is 0. The van der Waals surface area contributed by atoms with E-state index in [1.54, 1.807) is 19.3 Å². The molecule has 0 radical (unpaired) electrons. The van der Waals surface area contributed by atoms with Gasteiger partial charge in [-0.2, -0.15) is 0 Å². The molecule has 0 aromatic carbocycles. The minimum atomic E-state index is 0.0121. The zero-order valence-corrected chi connectivity index (χ0v) is 13.2. The molecular weight excluding hydrogens is 252 g/mol. The second-order valence-corrected chi connectivity index (χ2v) is 5.19. The van der Waals surface area contributed by atoms with Crippen molar-refractivity contribution in [2.24, 2.45) is 11.8 Å². The highest BCUT2D eigenvalue weighted by atomic mass is 16.5. The highest BCUT2D eigenvalue weighted by molar-refractivity contribution is 5.91. The van der Waals surface area contributed by atoms with Gasteiger partial charge in [-0.3, -0.25) is 9.59 Å². The van der Waals surface area contributed by atoms with Crippen molar-refractivity contribution in [3.05, 3.63) is 24.3 Å². The molecule has 3 heteroatoms. The maximum atomic E-state index is 11.7. The van der Waals surface area contributed by atoms with Gasteiger partial charge in [0.25, 0.3) is 0 Å². The Morgan fingerprint density at radius 3 is 2.40 bits per heavy atom. The normalized spacial score (nSPS) is 14.8. The number of carbonyl (C=O) groups excluding carboxylic acids is 2. The Morgan fingerprint density at radius 1 is 1.10 bits per heavy atom. The minimum Gasteiger partial charge on any atom is -0.381 e. The quantitative estimate of drug-likeness (QED) is 0.428. The monoisotopic (exact) mass is 280 g/mol. The number of hydrogen-bond acceptors (Lipinski definition) is 3. The van der Waals surface area contributed by atoms with Crippen molar-refractivity contribution in [2.75, 3.05) is 13.7 Å². The van der Waals surface area contributed by atoms with E-state index < -0.39 is 0 Å². The summed E-state index contributed by atoms with van der Waals surface area (Å²) in [6.45, 7) is 6.38. The number of ether oxygens (including phenoxy) is 1. The molecule has 2 atom stereocenters. The van der Waals surface area contributed by atoms with Crippen molar-refractivity contribution in [3.8, 4) is 0 Å². The molecule has 0 heterocycles. The summed E-state index contributed by atoms with van der Waals surface area (Å²) in [7, 11) is 1.60. The van der Waals surface area contributed by atoms with Crippen LogP contribution in [0.4, 0.5) is 0 Å². The van der Waals surface area contributed by atoms with Crippen LogP contribution in [-0.4, -0.2) is 25.3 Å². The van der Waals surface area contributed by atoms with Gasteiger partial charge in [0.2, 0.25) is 0 Å². The second kappa shape index (κ2) is 11.6. The zero-order chi connectivity index (χ0) is 15.4. The smallest absolute Gasteiger partial charge is 0.158 e. The van der Waals surface area contributed by atoms with Gasteiger partial charge in [-0.25, -0.2) is 0 Å². The molecule has 0 aliphatic heterocycles. The van der Waals surface area contributed by atoms with E-state index in [2.05, 4.69) is 0 Å². The Labute approximate surface area is 123 Å². The summed E-state index contributed by atoms with van der Waals surface area (Å²) in [6, 6.07) is 0. The summed E-state index contributed by atoms with van der Waals surface area (Å²) in [4.78, 5) is 23.3. The lowest BCUT2D eigenvalue weighted by atomic mass is 9.98. The van der Waals surface area contributed by atoms with Crippen LogP contribution in [0.3, 0.4) is 0 Å². The molecule has 0 amide bonds. The first-order chi connectivity index (χ1) is 9.52. The average Bonchev–Trinajstić information content (AvgIpc) is 2.45. The predicted molar refractivity (Wildman–Crippen MR) is 82.6 cm³/mol. The number of rotatable bonds is 11. The number of ketones is 2. The van der Waals surface area contributed by atoms with Crippen molar-refractivity contribution in [3.63, 3.8) is 0 Å². The van der Waals surface area contributed by atoms with Gasteiger partial charge in [-0.05, 0) is 25.3 Å². The SMILES string of the molecule is CCC(C)C(=O)C/C=C/CCC(C)C(=O)C=CCOC. The molecule has 0 saturated carbocycles. The predicted octanol–water partition coefficient (Wildman–Crippen LogP) is 3.74. The van der Waals surface area contributed by atoms with Crippen molar-refractivity contribution in [1.82, 2.24) is 0 Å². The first-order valence-electron chi connectivity index (χ1n) is 7.39. The molecule has 0 N–H and O–H groups in total. The number of Topliss-reactive ketones (excluding diaryl/α,β-unsaturated/α-hetero) is 1. The maximum absolute atomic E-state index is 11.7. The van der Waals surface area contributed by atoms with Crippen LogP contribution in [0.5, 0.6) is 0 Å². The largest absolute Gasteiger partial charge is 0.381 e. The van der Waals surface area contributed by atoms with E-state index in [-0.39, 0.29) is 23.4 Å². The van der Waals surface area contributed by atoms with Crippen LogP contribution in [-0.2, 0) is 14.3 Å². The van der Waals surface area contributed by atoms with E-state index in [9.17, 15) is 9.59 Å². The van der Waals surface area contributed by atoms with E-state index >= 15 is 0 Å². The first-order valence-corrected chi connectivity index (χ1v) is 7.39. The van der Waals surface area contributed by atoms with E-state index in [0.29, 0.717) is 13.0 Å². The lowest BCUT2D eigenvalue weighted by Crippen LogP contribution is -2.08. The lowest BCUT2D eigenvalue weighted by molar-refractivity contribution is -0.121. The standard InChI is InChI=1S/C17H28O3/c1-5-14(2)16(18)11-8-6-7-10-15(3)17(19)12-9-13-20-4/h6,8-9,12,14-15H,5,7,10-11,13H2,1-4H3/b8-6+,12-9?. The van der Waals surface area contributed by atoms with Gasteiger partial charge in [0.15, 0.2) is 5.78 Å². The molecule has 0 saturated heterocycles. The topological polar surface area (TPSA) is 43.4 Å². The first kappa shape index (κ1) is 18.8. The van der Waals surface area contributed by atoms with Crippen LogP contribution in [0, 0.1) is 11.8 Å². The van der Waals surface area contributed by atoms with Gasteiger partial charge in [0, 0.05) is 25.4 Å². The molecule has 0 aliphatic carbocycles.